The van der Waals surface area contributed by atoms with Crippen LogP contribution in [0.15, 0.2) is 60.8 Å². The lowest BCUT2D eigenvalue weighted by molar-refractivity contribution is 0.0591. The molecule has 1 aromatic heterocycles. The molecule has 0 aliphatic rings. The Kier molecular flexibility index (Phi) is 4.86. The van der Waals surface area contributed by atoms with Crippen LogP contribution in [0, 0.1) is 0 Å². The minimum atomic E-state index is -2.81. The van der Waals surface area contributed by atoms with E-state index < -0.39 is 12.4 Å². The van der Waals surface area contributed by atoms with Crippen LogP contribution in [0.25, 0.3) is 16.9 Å². The first-order valence-electron chi connectivity index (χ1n) is 7.46. The number of aromatic nitrogens is 1. The zero-order chi connectivity index (χ0) is 18.0. The molecule has 0 aliphatic carbocycles. The van der Waals surface area contributed by atoms with Crippen LogP contribution in [0.2, 0.25) is 5.02 Å². The van der Waals surface area contributed by atoms with Crippen molar-refractivity contribution in [2.24, 2.45) is 0 Å². The molecule has 1 heterocycles. The number of para-hydroxylation sites is 1. The Labute approximate surface area is 148 Å². The lowest BCUT2D eigenvalue weighted by Crippen LogP contribution is -2.06. The number of halogens is 3. The van der Waals surface area contributed by atoms with E-state index in [4.69, 9.17) is 16.3 Å². The monoisotopic (exact) mass is 361 g/mol. The summed E-state index contributed by atoms with van der Waals surface area (Å²) in [4.78, 5) is 12.2. The van der Waals surface area contributed by atoms with Gasteiger partial charge in [-0.25, -0.2) is 13.6 Å². The van der Waals surface area contributed by atoms with Gasteiger partial charge in [-0.05, 0) is 29.8 Å². The van der Waals surface area contributed by atoms with Crippen LogP contribution in [-0.2, 0) is 4.74 Å². The maximum atomic E-state index is 13.6. The smallest absolute Gasteiger partial charge is 0.340 e. The van der Waals surface area contributed by atoms with Crippen molar-refractivity contribution in [1.29, 1.82) is 0 Å². The number of benzene rings is 2. The fraction of sp³-hybridized carbons (Fsp3) is 0.105. The second-order valence-corrected chi connectivity index (χ2v) is 5.75. The molecule has 0 radical (unpaired) electrons. The number of carbonyl (C=O) groups is 1. The summed E-state index contributed by atoms with van der Waals surface area (Å²) in [6.45, 7) is 0. The fourth-order valence-electron chi connectivity index (χ4n) is 2.69. The summed E-state index contributed by atoms with van der Waals surface area (Å²) in [6, 6.07) is 15.6. The Balaban J connectivity index is 2.34. The largest absolute Gasteiger partial charge is 0.465 e. The average molecular weight is 362 g/mol. The van der Waals surface area contributed by atoms with Gasteiger partial charge in [0.1, 0.15) is 0 Å². The molecule has 0 fully saturated rings. The molecule has 0 unspecified atom stereocenters. The van der Waals surface area contributed by atoms with E-state index >= 15 is 0 Å². The molecule has 3 rings (SSSR count). The van der Waals surface area contributed by atoms with E-state index in [-0.39, 0.29) is 11.1 Å². The van der Waals surface area contributed by atoms with Crippen molar-refractivity contribution in [2.75, 3.05) is 7.11 Å². The Morgan fingerprint density at radius 1 is 1.08 bits per heavy atom. The van der Waals surface area contributed by atoms with Gasteiger partial charge in [-0.15, -0.1) is 0 Å². The third-order valence-corrected chi connectivity index (χ3v) is 4.06. The zero-order valence-electron chi connectivity index (χ0n) is 13.2. The first-order valence-corrected chi connectivity index (χ1v) is 7.83. The van der Waals surface area contributed by atoms with Crippen molar-refractivity contribution in [3.8, 4) is 16.9 Å². The van der Waals surface area contributed by atoms with Gasteiger partial charge in [-0.1, -0.05) is 41.9 Å². The highest BCUT2D eigenvalue weighted by Gasteiger charge is 2.28. The Bertz CT molecular complexity index is 890. The summed E-state index contributed by atoms with van der Waals surface area (Å²) in [5.74, 6) is -0.810. The predicted molar refractivity (Wildman–Crippen MR) is 92.5 cm³/mol. The molecule has 0 N–H and O–H groups in total. The second-order valence-electron chi connectivity index (χ2n) is 5.31. The summed E-state index contributed by atoms with van der Waals surface area (Å²) in [6.07, 6.45) is -1.54. The molecule has 2 aromatic carbocycles. The number of ether oxygens (including phenoxy) is 1. The summed E-state index contributed by atoms with van der Waals surface area (Å²) in [5.41, 5.74) is 1.06. The van der Waals surface area contributed by atoms with Gasteiger partial charge >= 0.3 is 5.97 Å². The number of carbonyl (C=O) groups excluding carboxylic acids is 1. The molecular weight excluding hydrogens is 348 g/mol. The van der Waals surface area contributed by atoms with Crippen molar-refractivity contribution in [1.82, 2.24) is 4.57 Å². The van der Waals surface area contributed by atoms with E-state index in [9.17, 15) is 13.6 Å². The van der Waals surface area contributed by atoms with Gasteiger partial charge < -0.3 is 9.30 Å². The molecule has 6 heteroatoms. The van der Waals surface area contributed by atoms with Gasteiger partial charge in [-0.3, -0.25) is 0 Å². The first kappa shape index (κ1) is 17.2. The lowest BCUT2D eigenvalue weighted by Gasteiger charge is -2.11. The van der Waals surface area contributed by atoms with Crippen molar-refractivity contribution >= 4 is 17.6 Å². The van der Waals surface area contributed by atoms with Crippen molar-refractivity contribution in [2.45, 2.75) is 6.43 Å². The Morgan fingerprint density at radius 3 is 2.28 bits per heavy atom. The van der Waals surface area contributed by atoms with E-state index in [1.54, 1.807) is 53.1 Å². The topological polar surface area (TPSA) is 31.2 Å². The molecule has 3 aromatic rings. The molecule has 0 aliphatic heterocycles. The van der Waals surface area contributed by atoms with Crippen molar-refractivity contribution in [3.05, 3.63) is 76.9 Å². The van der Waals surface area contributed by atoms with Gasteiger partial charge in [-0.2, -0.15) is 0 Å². The number of methoxy groups -OCH3 is 1. The van der Waals surface area contributed by atoms with E-state index in [1.807, 2.05) is 6.07 Å². The quantitative estimate of drug-likeness (QED) is 0.573. The van der Waals surface area contributed by atoms with Crippen LogP contribution in [0.3, 0.4) is 0 Å². The molecule has 0 spiro atoms. The highest BCUT2D eigenvalue weighted by atomic mass is 35.5. The average Bonchev–Trinajstić information content (AvgIpc) is 3.03. The number of hydrogen-bond acceptors (Lipinski definition) is 2. The number of alkyl halides is 2. The number of esters is 1. The third-order valence-electron chi connectivity index (χ3n) is 3.81. The molecule has 0 saturated carbocycles. The maximum Gasteiger partial charge on any atom is 0.340 e. The van der Waals surface area contributed by atoms with Crippen molar-refractivity contribution in [3.63, 3.8) is 0 Å². The summed E-state index contributed by atoms with van der Waals surface area (Å²) in [7, 11) is 1.17. The van der Waals surface area contributed by atoms with Crippen LogP contribution in [0.1, 0.15) is 22.3 Å². The van der Waals surface area contributed by atoms with Crippen LogP contribution in [0.4, 0.5) is 8.78 Å². The molecule has 128 valence electrons. The predicted octanol–water partition coefficient (Wildman–Crippen LogP) is 5.52. The maximum absolute atomic E-state index is 13.6. The number of nitrogens with zero attached hydrogens (tertiary/aromatic N) is 1. The van der Waals surface area contributed by atoms with E-state index in [0.717, 1.165) is 0 Å². The molecule has 0 atom stereocenters. The fourth-order valence-corrected chi connectivity index (χ4v) is 2.82. The number of hydrogen-bond donors (Lipinski definition) is 0. The normalized spacial score (nSPS) is 10.9. The molecule has 0 amide bonds. The molecule has 3 nitrogen and oxygen atoms in total. The molecule has 0 bridgehead atoms. The van der Waals surface area contributed by atoms with Gasteiger partial charge in [0, 0.05) is 16.9 Å². The van der Waals surface area contributed by atoms with E-state index in [2.05, 4.69) is 0 Å². The third kappa shape index (κ3) is 3.28. The van der Waals surface area contributed by atoms with Gasteiger partial charge in [0.05, 0.1) is 23.9 Å². The standard InChI is InChI=1S/C19H14ClF2NO2/c1-25-19(24)16-15(18(21)22)11-23(14-5-3-2-4-6-14)17(16)12-7-9-13(20)10-8-12/h2-11,18H,1H3. The van der Waals surface area contributed by atoms with Gasteiger partial charge in [0.15, 0.2) is 0 Å². The van der Waals surface area contributed by atoms with Crippen LogP contribution < -0.4 is 0 Å². The molecule has 25 heavy (non-hydrogen) atoms. The highest BCUT2D eigenvalue weighted by molar-refractivity contribution is 6.30. The van der Waals surface area contributed by atoms with Gasteiger partial charge in [0.25, 0.3) is 6.43 Å². The zero-order valence-corrected chi connectivity index (χ0v) is 14.0. The Hall–Kier alpha value is -2.66. The van der Waals surface area contributed by atoms with Crippen LogP contribution in [-0.4, -0.2) is 17.6 Å². The Morgan fingerprint density at radius 2 is 1.72 bits per heavy atom. The second kappa shape index (κ2) is 7.07. The molecular formula is C19H14ClF2NO2. The van der Waals surface area contributed by atoms with Gasteiger partial charge in [0.2, 0.25) is 0 Å². The summed E-state index contributed by atoms with van der Waals surface area (Å²) < 4.78 is 33.5. The van der Waals surface area contributed by atoms with Crippen LogP contribution >= 0.6 is 11.6 Å². The number of rotatable bonds is 4. The summed E-state index contributed by atoms with van der Waals surface area (Å²) in [5, 5.41) is 0.510. The van der Waals surface area contributed by atoms with E-state index in [0.29, 0.717) is 22.0 Å². The minimum Gasteiger partial charge on any atom is -0.465 e. The van der Waals surface area contributed by atoms with Crippen LogP contribution in [0.5, 0.6) is 0 Å². The van der Waals surface area contributed by atoms with Crippen molar-refractivity contribution < 1.29 is 18.3 Å². The lowest BCUT2D eigenvalue weighted by atomic mass is 10.0. The molecule has 0 saturated heterocycles. The highest BCUT2D eigenvalue weighted by Crippen LogP contribution is 2.36. The summed E-state index contributed by atoms with van der Waals surface area (Å²) >= 11 is 5.92. The van der Waals surface area contributed by atoms with E-state index in [1.165, 1.54) is 13.3 Å². The first-order chi connectivity index (χ1) is 12.0. The SMILES string of the molecule is COC(=O)c1c(C(F)F)cn(-c2ccccc2)c1-c1ccc(Cl)cc1. The minimum absolute atomic E-state index is 0.149.